The summed E-state index contributed by atoms with van der Waals surface area (Å²) < 4.78 is 11.6. The molecule has 3 atom stereocenters. The molecule has 4 nitrogen and oxygen atoms in total. The number of aliphatic hydroxyl groups excluding tert-OH is 1. The van der Waals surface area contributed by atoms with Crippen LogP contribution >= 0.6 is 0 Å². The van der Waals surface area contributed by atoms with E-state index in [1.54, 1.807) is 13.8 Å². The molecule has 2 fully saturated rings. The minimum atomic E-state index is -0.848. The molecule has 16 heavy (non-hydrogen) atoms. The summed E-state index contributed by atoms with van der Waals surface area (Å²) in [5, 5.41) is 19.7. The van der Waals surface area contributed by atoms with Gasteiger partial charge in [-0.05, 0) is 33.1 Å². The average Bonchev–Trinajstić information content (AvgIpc) is 2.16. The molecular formula is C12H22O4. The third-order valence-corrected chi connectivity index (χ3v) is 3.53. The minimum Gasteiger partial charge on any atom is -0.393 e. The van der Waals surface area contributed by atoms with Crippen LogP contribution in [0.2, 0.25) is 0 Å². The molecule has 0 aromatic heterocycles. The minimum absolute atomic E-state index is 0.202. The van der Waals surface area contributed by atoms with Gasteiger partial charge in [0.15, 0.2) is 5.79 Å². The van der Waals surface area contributed by atoms with E-state index in [0.29, 0.717) is 19.4 Å². The highest BCUT2D eigenvalue weighted by Gasteiger charge is 2.45. The molecule has 0 unspecified atom stereocenters. The van der Waals surface area contributed by atoms with E-state index in [1.807, 2.05) is 0 Å². The van der Waals surface area contributed by atoms with E-state index < -0.39 is 11.4 Å². The fourth-order valence-electron chi connectivity index (χ4n) is 2.59. The second kappa shape index (κ2) is 4.26. The monoisotopic (exact) mass is 230 g/mol. The maximum atomic E-state index is 9.98. The van der Waals surface area contributed by atoms with Crippen molar-refractivity contribution < 1.29 is 19.7 Å². The van der Waals surface area contributed by atoms with Crippen molar-refractivity contribution in [1.29, 1.82) is 0 Å². The Morgan fingerprint density at radius 3 is 2.69 bits per heavy atom. The summed E-state index contributed by atoms with van der Waals surface area (Å²) in [5.74, 6) is -0.652. The molecular weight excluding hydrogens is 208 g/mol. The van der Waals surface area contributed by atoms with Crippen molar-refractivity contribution in [3.05, 3.63) is 0 Å². The highest BCUT2D eigenvalue weighted by molar-refractivity contribution is 4.89. The smallest absolute Gasteiger partial charge is 0.171 e. The number of aliphatic hydroxyl groups is 2. The van der Waals surface area contributed by atoms with E-state index in [1.165, 1.54) is 0 Å². The molecule has 0 saturated carbocycles. The predicted molar refractivity (Wildman–Crippen MR) is 58.9 cm³/mol. The quantitative estimate of drug-likeness (QED) is 0.710. The number of hydrogen-bond donors (Lipinski definition) is 2. The number of rotatable bonds is 1. The first-order valence-corrected chi connectivity index (χ1v) is 6.13. The fraction of sp³-hybridized carbons (Fsp3) is 1.00. The van der Waals surface area contributed by atoms with Crippen molar-refractivity contribution in [2.45, 2.75) is 69.5 Å². The van der Waals surface area contributed by atoms with Gasteiger partial charge in [0, 0.05) is 12.8 Å². The maximum absolute atomic E-state index is 9.98. The summed E-state index contributed by atoms with van der Waals surface area (Å²) in [6.07, 6.45) is 3.31. The molecule has 0 aromatic rings. The molecule has 2 N–H and O–H groups in total. The molecule has 2 aliphatic heterocycles. The lowest BCUT2D eigenvalue weighted by molar-refractivity contribution is -0.325. The SMILES string of the molecule is CC(C)(O)[C@H]1CCC[C@@]2(C[C@@H](O)CCO2)O1. The Labute approximate surface area is 96.6 Å². The Hall–Kier alpha value is -0.160. The molecule has 2 saturated heterocycles. The molecule has 2 aliphatic rings. The molecule has 4 heteroatoms. The number of ether oxygens (including phenoxy) is 2. The number of hydrogen-bond acceptors (Lipinski definition) is 4. The van der Waals surface area contributed by atoms with Gasteiger partial charge in [0.1, 0.15) is 0 Å². The molecule has 2 heterocycles. The molecule has 0 bridgehead atoms. The van der Waals surface area contributed by atoms with Gasteiger partial charge in [0.25, 0.3) is 0 Å². The lowest BCUT2D eigenvalue weighted by Crippen LogP contribution is -2.53. The maximum Gasteiger partial charge on any atom is 0.171 e. The van der Waals surface area contributed by atoms with Crippen molar-refractivity contribution in [2.75, 3.05) is 6.61 Å². The highest BCUT2D eigenvalue weighted by atomic mass is 16.7. The Balaban J connectivity index is 2.05. The highest BCUT2D eigenvalue weighted by Crippen LogP contribution is 2.39. The zero-order valence-corrected chi connectivity index (χ0v) is 10.1. The normalized spacial score (nSPS) is 41.2. The van der Waals surface area contributed by atoms with Crippen molar-refractivity contribution in [3.8, 4) is 0 Å². The first kappa shape index (κ1) is 12.3. The van der Waals surface area contributed by atoms with E-state index >= 15 is 0 Å². The van der Waals surface area contributed by atoms with Gasteiger partial charge in [-0.3, -0.25) is 0 Å². The second-order valence-electron chi connectivity index (χ2n) is 5.56. The summed E-state index contributed by atoms with van der Waals surface area (Å²) in [5.41, 5.74) is -0.848. The molecule has 0 aromatic carbocycles. The van der Waals surface area contributed by atoms with Gasteiger partial charge in [-0.15, -0.1) is 0 Å². The van der Waals surface area contributed by atoms with Gasteiger partial charge in [0.2, 0.25) is 0 Å². The Morgan fingerprint density at radius 1 is 1.31 bits per heavy atom. The van der Waals surface area contributed by atoms with Crippen LogP contribution in [-0.2, 0) is 9.47 Å². The molecule has 1 spiro atoms. The summed E-state index contributed by atoms with van der Waals surface area (Å²) in [4.78, 5) is 0. The lowest BCUT2D eigenvalue weighted by Gasteiger charge is -2.47. The predicted octanol–water partition coefficient (Wildman–Crippen LogP) is 1.19. The van der Waals surface area contributed by atoms with Gasteiger partial charge < -0.3 is 19.7 Å². The van der Waals surface area contributed by atoms with Crippen molar-refractivity contribution in [1.82, 2.24) is 0 Å². The summed E-state index contributed by atoms with van der Waals surface area (Å²) in [6.45, 7) is 4.06. The Bertz CT molecular complexity index is 244. The van der Waals surface area contributed by atoms with E-state index in [-0.39, 0.29) is 12.2 Å². The molecule has 0 amide bonds. The van der Waals surface area contributed by atoms with Crippen LogP contribution in [0.15, 0.2) is 0 Å². The molecule has 2 rings (SSSR count). The van der Waals surface area contributed by atoms with Crippen molar-refractivity contribution >= 4 is 0 Å². The topological polar surface area (TPSA) is 58.9 Å². The van der Waals surface area contributed by atoms with E-state index in [9.17, 15) is 10.2 Å². The average molecular weight is 230 g/mol. The van der Waals surface area contributed by atoms with Crippen LogP contribution in [0.25, 0.3) is 0 Å². The molecule has 0 radical (unpaired) electrons. The standard InChI is InChI=1S/C12H22O4/c1-11(2,14)10-4-3-6-12(16-10)8-9(13)5-7-15-12/h9-10,13-14H,3-8H2,1-2H3/t9-,10+,12-/m0/s1. The summed E-state index contributed by atoms with van der Waals surface area (Å²) >= 11 is 0. The fourth-order valence-corrected chi connectivity index (χ4v) is 2.59. The molecule has 94 valence electrons. The molecule has 0 aliphatic carbocycles. The summed E-state index contributed by atoms with van der Waals surface area (Å²) in [7, 11) is 0. The van der Waals surface area contributed by atoms with Crippen LogP contribution in [0.4, 0.5) is 0 Å². The van der Waals surface area contributed by atoms with Crippen LogP contribution < -0.4 is 0 Å². The second-order valence-corrected chi connectivity index (χ2v) is 5.56. The van der Waals surface area contributed by atoms with Gasteiger partial charge in [0.05, 0.1) is 24.4 Å². The van der Waals surface area contributed by atoms with Crippen LogP contribution in [0.1, 0.15) is 46.0 Å². The van der Waals surface area contributed by atoms with E-state index in [2.05, 4.69) is 0 Å². The van der Waals surface area contributed by atoms with E-state index in [4.69, 9.17) is 9.47 Å². The van der Waals surface area contributed by atoms with Gasteiger partial charge in [-0.25, -0.2) is 0 Å². The first-order chi connectivity index (χ1) is 7.41. The Kier molecular flexibility index (Phi) is 3.27. The van der Waals surface area contributed by atoms with Crippen molar-refractivity contribution in [3.63, 3.8) is 0 Å². The first-order valence-electron chi connectivity index (χ1n) is 6.13. The lowest BCUT2D eigenvalue weighted by atomic mass is 9.88. The van der Waals surface area contributed by atoms with Crippen LogP contribution in [-0.4, -0.2) is 40.4 Å². The zero-order chi connectivity index (χ0) is 11.8. The largest absolute Gasteiger partial charge is 0.393 e. The zero-order valence-electron chi connectivity index (χ0n) is 10.1. The van der Waals surface area contributed by atoms with E-state index in [0.717, 1.165) is 19.3 Å². The van der Waals surface area contributed by atoms with Crippen LogP contribution in [0, 0.1) is 0 Å². The van der Waals surface area contributed by atoms with Crippen LogP contribution in [0.5, 0.6) is 0 Å². The van der Waals surface area contributed by atoms with Gasteiger partial charge >= 0.3 is 0 Å². The van der Waals surface area contributed by atoms with Gasteiger partial charge in [-0.1, -0.05) is 0 Å². The Morgan fingerprint density at radius 2 is 2.06 bits per heavy atom. The summed E-state index contributed by atoms with van der Waals surface area (Å²) in [6, 6.07) is 0. The third kappa shape index (κ3) is 2.56. The van der Waals surface area contributed by atoms with Gasteiger partial charge in [-0.2, -0.15) is 0 Å². The van der Waals surface area contributed by atoms with Crippen LogP contribution in [0.3, 0.4) is 0 Å². The van der Waals surface area contributed by atoms with Crippen molar-refractivity contribution in [2.24, 2.45) is 0 Å². The third-order valence-electron chi connectivity index (χ3n) is 3.53.